The maximum atomic E-state index is 12.1. The van der Waals surface area contributed by atoms with E-state index in [-0.39, 0.29) is 5.91 Å². The van der Waals surface area contributed by atoms with Crippen LogP contribution in [-0.4, -0.2) is 26.3 Å². The summed E-state index contributed by atoms with van der Waals surface area (Å²) in [7, 11) is 0. The molecule has 0 aliphatic carbocycles. The molecule has 2 N–H and O–H groups in total. The predicted octanol–water partition coefficient (Wildman–Crippen LogP) is 3.94. The van der Waals surface area contributed by atoms with Gasteiger partial charge in [-0.05, 0) is 34.3 Å². The van der Waals surface area contributed by atoms with Crippen LogP contribution in [0.3, 0.4) is 0 Å². The van der Waals surface area contributed by atoms with E-state index in [4.69, 9.17) is 0 Å². The van der Waals surface area contributed by atoms with Gasteiger partial charge in [-0.2, -0.15) is 5.10 Å². The number of carbonyl (C=O) groups is 1. The normalized spacial score (nSPS) is 10.8. The molecule has 0 spiro atoms. The van der Waals surface area contributed by atoms with Gasteiger partial charge < -0.3 is 0 Å². The first kappa shape index (κ1) is 15.7. The molecule has 0 saturated carbocycles. The van der Waals surface area contributed by atoms with E-state index in [9.17, 15) is 4.79 Å². The summed E-state index contributed by atoms with van der Waals surface area (Å²) in [5, 5.41) is 20.0. The van der Waals surface area contributed by atoms with E-state index in [0.29, 0.717) is 15.3 Å². The van der Waals surface area contributed by atoms with Crippen LogP contribution in [-0.2, 0) is 5.75 Å². The highest BCUT2D eigenvalue weighted by atomic mass is 79.9. The number of nitrogens with one attached hydrogen (secondary N) is 2. The Morgan fingerprint density at radius 3 is 3.05 bits per heavy atom. The summed E-state index contributed by atoms with van der Waals surface area (Å²) in [4.78, 5) is 13.4. The third-order valence-corrected chi connectivity index (χ3v) is 6.68. The number of H-pyrrole nitrogens is 1. The van der Waals surface area contributed by atoms with Crippen molar-refractivity contribution in [1.82, 2.24) is 20.4 Å². The summed E-state index contributed by atoms with van der Waals surface area (Å²) < 4.78 is 1.47. The van der Waals surface area contributed by atoms with Crippen LogP contribution in [0, 0.1) is 6.92 Å². The Bertz CT molecular complexity index is 783. The summed E-state index contributed by atoms with van der Waals surface area (Å²) in [6, 6.07) is 4.11. The van der Waals surface area contributed by atoms with Crippen LogP contribution in [0.5, 0.6) is 0 Å². The van der Waals surface area contributed by atoms with E-state index in [1.54, 1.807) is 23.1 Å². The number of aryl methyl sites for hydroxylation is 1. The van der Waals surface area contributed by atoms with Crippen LogP contribution >= 0.6 is 50.4 Å². The second kappa shape index (κ2) is 6.90. The van der Waals surface area contributed by atoms with Crippen LogP contribution in [0.4, 0.5) is 5.13 Å². The highest BCUT2D eigenvalue weighted by Crippen LogP contribution is 2.30. The summed E-state index contributed by atoms with van der Waals surface area (Å²) in [6.07, 6.45) is 0. The predicted molar refractivity (Wildman–Crippen MR) is 92.8 cm³/mol. The van der Waals surface area contributed by atoms with Crippen molar-refractivity contribution in [3.8, 4) is 0 Å². The molecule has 10 heteroatoms. The SMILES string of the molecule is Cc1[nH]nc(C(=O)Nc2nnc(SCc3cccs3)s2)c1Br. The van der Waals surface area contributed by atoms with Crippen molar-refractivity contribution in [3.05, 3.63) is 38.3 Å². The topological polar surface area (TPSA) is 83.6 Å². The van der Waals surface area contributed by atoms with Gasteiger partial charge in [0.15, 0.2) is 10.0 Å². The number of hydrogen-bond donors (Lipinski definition) is 2. The Morgan fingerprint density at radius 1 is 1.50 bits per heavy atom. The summed E-state index contributed by atoms with van der Waals surface area (Å²) >= 11 is 7.99. The number of amides is 1. The van der Waals surface area contributed by atoms with Crippen LogP contribution < -0.4 is 5.32 Å². The molecule has 0 bridgehead atoms. The molecule has 3 aromatic heterocycles. The molecule has 22 heavy (non-hydrogen) atoms. The largest absolute Gasteiger partial charge is 0.295 e. The zero-order valence-corrected chi connectivity index (χ0v) is 15.3. The fourth-order valence-electron chi connectivity index (χ4n) is 1.57. The van der Waals surface area contributed by atoms with E-state index in [0.717, 1.165) is 15.8 Å². The van der Waals surface area contributed by atoms with Gasteiger partial charge in [0.2, 0.25) is 5.13 Å². The Hall–Kier alpha value is -1.23. The number of thioether (sulfide) groups is 1. The van der Waals surface area contributed by atoms with Crippen molar-refractivity contribution < 1.29 is 4.79 Å². The molecule has 3 aromatic rings. The zero-order valence-electron chi connectivity index (χ0n) is 11.3. The third-order valence-electron chi connectivity index (χ3n) is 2.63. The lowest BCUT2D eigenvalue weighted by atomic mass is 10.3. The van der Waals surface area contributed by atoms with Gasteiger partial charge in [-0.1, -0.05) is 29.2 Å². The van der Waals surface area contributed by atoms with E-state index in [1.165, 1.54) is 16.2 Å². The van der Waals surface area contributed by atoms with Gasteiger partial charge >= 0.3 is 0 Å². The number of rotatable bonds is 5. The number of aromatic nitrogens is 4. The average molecular weight is 416 g/mol. The first-order valence-electron chi connectivity index (χ1n) is 6.14. The molecular weight excluding hydrogens is 406 g/mol. The molecule has 6 nitrogen and oxygen atoms in total. The Kier molecular flexibility index (Phi) is 4.91. The van der Waals surface area contributed by atoms with Crippen LogP contribution in [0.1, 0.15) is 21.1 Å². The van der Waals surface area contributed by atoms with Gasteiger partial charge in [0, 0.05) is 16.3 Å². The molecule has 0 unspecified atom stereocenters. The molecule has 0 saturated heterocycles. The average Bonchev–Trinajstić information content (AvgIpc) is 3.21. The fourth-order valence-corrected chi connectivity index (χ4v) is 4.45. The number of aromatic amines is 1. The number of carbonyl (C=O) groups excluding carboxylic acids is 1. The smallest absolute Gasteiger partial charge is 0.279 e. The molecule has 3 rings (SSSR count). The monoisotopic (exact) mass is 415 g/mol. The molecular formula is C12H10BrN5OS3. The molecule has 0 aliphatic rings. The summed E-state index contributed by atoms with van der Waals surface area (Å²) in [5.74, 6) is 0.534. The van der Waals surface area contributed by atoms with E-state index in [2.05, 4.69) is 47.7 Å². The first-order valence-corrected chi connectivity index (χ1v) is 9.61. The van der Waals surface area contributed by atoms with Crippen LogP contribution in [0.2, 0.25) is 0 Å². The Balaban J connectivity index is 1.61. The van der Waals surface area contributed by atoms with Gasteiger partial charge in [-0.15, -0.1) is 21.5 Å². The molecule has 0 aliphatic heterocycles. The Morgan fingerprint density at radius 2 is 2.36 bits per heavy atom. The molecule has 0 fully saturated rings. The second-order valence-electron chi connectivity index (χ2n) is 4.21. The minimum absolute atomic E-state index is 0.306. The summed E-state index contributed by atoms with van der Waals surface area (Å²) in [6.45, 7) is 1.83. The van der Waals surface area contributed by atoms with Crippen LogP contribution in [0.25, 0.3) is 0 Å². The van der Waals surface area contributed by atoms with Gasteiger partial charge in [0.25, 0.3) is 5.91 Å². The standard InChI is InChI=1S/C12H10BrN5OS3/c1-6-8(13)9(16-15-6)10(19)14-11-17-18-12(22-11)21-5-7-3-2-4-20-7/h2-4H,5H2,1H3,(H,15,16)(H,14,17,19). The lowest BCUT2D eigenvalue weighted by Crippen LogP contribution is -2.12. The second-order valence-corrected chi connectivity index (χ2v) is 8.23. The number of halogens is 1. The fraction of sp³-hybridized carbons (Fsp3) is 0.167. The minimum atomic E-state index is -0.317. The van der Waals surface area contributed by atoms with Crippen molar-refractivity contribution >= 4 is 61.4 Å². The van der Waals surface area contributed by atoms with Crippen LogP contribution in [0.15, 0.2) is 26.3 Å². The van der Waals surface area contributed by atoms with E-state index >= 15 is 0 Å². The van der Waals surface area contributed by atoms with Crippen molar-refractivity contribution in [2.45, 2.75) is 17.0 Å². The highest BCUT2D eigenvalue weighted by molar-refractivity contribution is 9.10. The van der Waals surface area contributed by atoms with Crippen molar-refractivity contribution in [1.29, 1.82) is 0 Å². The van der Waals surface area contributed by atoms with E-state index < -0.39 is 0 Å². The van der Waals surface area contributed by atoms with Crippen molar-refractivity contribution in [3.63, 3.8) is 0 Å². The molecule has 0 aromatic carbocycles. The molecule has 0 radical (unpaired) electrons. The maximum absolute atomic E-state index is 12.1. The summed E-state index contributed by atoms with van der Waals surface area (Å²) in [5.41, 5.74) is 1.11. The van der Waals surface area contributed by atoms with Gasteiger partial charge in [-0.3, -0.25) is 15.2 Å². The van der Waals surface area contributed by atoms with Crippen molar-refractivity contribution in [2.24, 2.45) is 0 Å². The maximum Gasteiger partial charge on any atom is 0.279 e. The number of anilines is 1. The quantitative estimate of drug-likeness (QED) is 0.486. The lowest BCUT2D eigenvalue weighted by Gasteiger charge is -1.97. The zero-order chi connectivity index (χ0) is 15.5. The molecule has 114 valence electrons. The van der Waals surface area contributed by atoms with Gasteiger partial charge in [0.1, 0.15) is 0 Å². The first-order chi connectivity index (χ1) is 10.6. The Labute approximate surface area is 146 Å². The minimum Gasteiger partial charge on any atom is -0.295 e. The number of hydrogen-bond acceptors (Lipinski definition) is 7. The van der Waals surface area contributed by atoms with Gasteiger partial charge in [-0.25, -0.2) is 0 Å². The third kappa shape index (κ3) is 3.57. The molecule has 1 amide bonds. The molecule has 0 atom stereocenters. The lowest BCUT2D eigenvalue weighted by molar-refractivity contribution is 0.102. The molecule has 3 heterocycles. The van der Waals surface area contributed by atoms with E-state index in [1.807, 2.05) is 18.4 Å². The number of nitrogens with zero attached hydrogens (tertiary/aromatic N) is 3. The van der Waals surface area contributed by atoms with Crippen molar-refractivity contribution in [2.75, 3.05) is 5.32 Å². The van der Waals surface area contributed by atoms with Gasteiger partial charge in [0.05, 0.1) is 4.47 Å². The highest BCUT2D eigenvalue weighted by Gasteiger charge is 2.17. The number of thiophene rings is 1.